The number of hydrogen-bond donors (Lipinski definition) is 1. The van der Waals surface area contributed by atoms with E-state index in [0.29, 0.717) is 19.7 Å². The summed E-state index contributed by atoms with van der Waals surface area (Å²) in [6.45, 7) is 10.3. The lowest BCUT2D eigenvalue weighted by atomic mass is 10.1. The number of rotatable bonds is 9. The van der Waals surface area contributed by atoms with Gasteiger partial charge in [0, 0.05) is 32.7 Å². The third-order valence-corrected chi connectivity index (χ3v) is 5.32. The monoisotopic (exact) mass is 407 g/mol. The molecular formula is C25H33N3O2. The maximum Gasteiger partial charge on any atom is 0.234 e. The number of ether oxygens (including phenoxy) is 1. The van der Waals surface area contributed by atoms with Crippen LogP contribution in [0.3, 0.4) is 0 Å². The van der Waals surface area contributed by atoms with Crippen LogP contribution in [0, 0.1) is 13.8 Å². The van der Waals surface area contributed by atoms with Crippen LogP contribution < -0.4 is 10.1 Å². The Hall–Kier alpha value is -2.63. The minimum Gasteiger partial charge on any atom is -0.491 e. The Kier molecular flexibility index (Phi) is 8.48. The van der Waals surface area contributed by atoms with Gasteiger partial charge in [-0.2, -0.15) is 0 Å². The van der Waals surface area contributed by atoms with E-state index in [2.05, 4.69) is 64.5 Å². The van der Waals surface area contributed by atoms with Crippen molar-refractivity contribution in [2.75, 3.05) is 52.4 Å². The lowest BCUT2D eigenvalue weighted by molar-refractivity contribution is -0.122. The zero-order valence-corrected chi connectivity index (χ0v) is 18.1. The van der Waals surface area contributed by atoms with Crippen molar-refractivity contribution >= 4 is 12.0 Å². The summed E-state index contributed by atoms with van der Waals surface area (Å²) in [4.78, 5) is 16.9. The van der Waals surface area contributed by atoms with E-state index in [9.17, 15) is 4.79 Å². The first-order valence-corrected chi connectivity index (χ1v) is 10.7. The van der Waals surface area contributed by atoms with Crippen molar-refractivity contribution in [2.45, 2.75) is 13.8 Å². The van der Waals surface area contributed by atoms with Gasteiger partial charge in [0.25, 0.3) is 0 Å². The number of hydrogen-bond acceptors (Lipinski definition) is 4. The van der Waals surface area contributed by atoms with Crippen LogP contribution in [0.2, 0.25) is 0 Å². The molecule has 0 radical (unpaired) electrons. The van der Waals surface area contributed by atoms with Crippen LogP contribution in [-0.2, 0) is 4.79 Å². The second-order valence-corrected chi connectivity index (χ2v) is 7.86. The Morgan fingerprint density at radius 2 is 1.77 bits per heavy atom. The molecule has 0 atom stereocenters. The molecule has 0 spiro atoms. The first kappa shape index (κ1) is 22.1. The average Bonchev–Trinajstić information content (AvgIpc) is 2.74. The van der Waals surface area contributed by atoms with Crippen molar-refractivity contribution in [3.63, 3.8) is 0 Å². The highest BCUT2D eigenvalue weighted by Gasteiger charge is 2.17. The summed E-state index contributed by atoms with van der Waals surface area (Å²) in [6, 6.07) is 16.5. The first-order valence-electron chi connectivity index (χ1n) is 10.7. The third kappa shape index (κ3) is 7.32. The SMILES string of the molecule is Cc1ccc(OCCNC(=O)CN2CCN(C/C=C/c3ccccc3)CC2)c(C)c1. The molecule has 5 heteroatoms. The highest BCUT2D eigenvalue weighted by Crippen LogP contribution is 2.18. The van der Waals surface area contributed by atoms with Gasteiger partial charge in [0.05, 0.1) is 13.1 Å². The van der Waals surface area contributed by atoms with Crippen LogP contribution in [-0.4, -0.2) is 68.1 Å². The van der Waals surface area contributed by atoms with E-state index in [0.717, 1.165) is 44.0 Å². The standard InChI is InChI=1S/C25H33N3O2/c1-21-10-11-24(22(2)19-21)30-18-12-26-25(29)20-28-16-14-27(15-17-28)13-6-9-23-7-4-3-5-8-23/h3-11,19H,12-18,20H2,1-2H3,(H,26,29)/b9-6+. The summed E-state index contributed by atoms with van der Waals surface area (Å²) >= 11 is 0. The molecule has 0 aromatic heterocycles. The maximum atomic E-state index is 12.2. The van der Waals surface area contributed by atoms with Gasteiger partial charge in [0.15, 0.2) is 0 Å². The fraction of sp³-hybridized carbons (Fsp3) is 0.400. The van der Waals surface area contributed by atoms with Crippen molar-refractivity contribution in [1.29, 1.82) is 0 Å². The minimum absolute atomic E-state index is 0.0663. The maximum absolute atomic E-state index is 12.2. The molecule has 1 heterocycles. The molecule has 5 nitrogen and oxygen atoms in total. The fourth-order valence-electron chi connectivity index (χ4n) is 3.60. The molecule has 0 saturated carbocycles. The highest BCUT2D eigenvalue weighted by molar-refractivity contribution is 5.78. The Bertz CT molecular complexity index is 828. The van der Waals surface area contributed by atoms with Gasteiger partial charge in [-0.1, -0.05) is 60.2 Å². The van der Waals surface area contributed by atoms with Crippen LogP contribution in [0.25, 0.3) is 6.08 Å². The van der Waals surface area contributed by atoms with Crippen LogP contribution in [0.15, 0.2) is 54.6 Å². The number of nitrogens with zero attached hydrogens (tertiary/aromatic N) is 2. The van der Waals surface area contributed by atoms with Gasteiger partial charge in [-0.25, -0.2) is 0 Å². The second-order valence-electron chi connectivity index (χ2n) is 7.86. The third-order valence-electron chi connectivity index (χ3n) is 5.32. The number of aryl methyl sites for hydroxylation is 2. The Labute approximate surface area is 180 Å². The summed E-state index contributed by atoms with van der Waals surface area (Å²) < 4.78 is 5.77. The molecule has 1 aliphatic rings. The van der Waals surface area contributed by atoms with E-state index in [-0.39, 0.29) is 5.91 Å². The summed E-state index contributed by atoms with van der Waals surface area (Å²) in [7, 11) is 0. The zero-order valence-electron chi connectivity index (χ0n) is 18.1. The normalized spacial score (nSPS) is 15.4. The van der Waals surface area contributed by atoms with Crippen molar-refractivity contribution in [2.24, 2.45) is 0 Å². The molecule has 160 valence electrons. The molecule has 1 aliphatic heterocycles. The largest absolute Gasteiger partial charge is 0.491 e. The van der Waals surface area contributed by atoms with Gasteiger partial charge in [-0.15, -0.1) is 0 Å². The Balaban J connectivity index is 1.28. The lowest BCUT2D eigenvalue weighted by Crippen LogP contribution is -2.49. The predicted octanol–water partition coefficient (Wildman–Crippen LogP) is 3.13. The molecule has 2 aromatic carbocycles. The van der Waals surface area contributed by atoms with Crippen LogP contribution in [0.5, 0.6) is 5.75 Å². The van der Waals surface area contributed by atoms with Crippen LogP contribution >= 0.6 is 0 Å². The lowest BCUT2D eigenvalue weighted by Gasteiger charge is -2.33. The van der Waals surface area contributed by atoms with E-state index >= 15 is 0 Å². The second kappa shape index (κ2) is 11.5. The highest BCUT2D eigenvalue weighted by atomic mass is 16.5. The topological polar surface area (TPSA) is 44.8 Å². The van der Waals surface area contributed by atoms with Gasteiger partial charge >= 0.3 is 0 Å². The van der Waals surface area contributed by atoms with Crippen molar-refractivity contribution in [1.82, 2.24) is 15.1 Å². The number of benzene rings is 2. The molecule has 1 amide bonds. The van der Waals surface area contributed by atoms with Crippen LogP contribution in [0.4, 0.5) is 0 Å². The molecule has 0 bridgehead atoms. The molecule has 0 aliphatic carbocycles. The summed E-state index contributed by atoms with van der Waals surface area (Å²) in [5.74, 6) is 0.948. The molecule has 30 heavy (non-hydrogen) atoms. The number of carbonyl (C=O) groups excluding carboxylic acids is 1. The Morgan fingerprint density at radius 1 is 1.03 bits per heavy atom. The molecule has 3 rings (SSSR count). The van der Waals surface area contributed by atoms with Gasteiger partial charge in [-0.3, -0.25) is 14.6 Å². The summed E-state index contributed by atoms with van der Waals surface area (Å²) in [6.07, 6.45) is 4.38. The first-order chi connectivity index (χ1) is 14.6. The zero-order chi connectivity index (χ0) is 21.2. The van der Waals surface area contributed by atoms with E-state index in [4.69, 9.17) is 4.74 Å². The van der Waals surface area contributed by atoms with Crippen molar-refractivity contribution in [3.8, 4) is 5.75 Å². The molecule has 2 aromatic rings. The summed E-state index contributed by atoms with van der Waals surface area (Å²) in [5, 5.41) is 2.96. The molecule has 1 saturated heterocycles. The summed E-state index contributed by atoms with van der Waals surface area (Å²) in [5.41, 5.74) is 3.58. The van der Waals surface area contributed by atoms with Crippen molar-refractivity contribution in [3.05, 3.63) is 71.3 Å². The van der Waals surface area contributed by atoms with E-state index in [1.54, 1.807) is 0 Å². The van der Waals surface area contributed by atoms with E-state index < -0.39 is 0 Å². The average molecular weight is 408 g/mol. The predicted molar refractivity (Wildman–Crippen MR) is 123 cm³/mol. The van der Waals surface area contributed by atoms with Gasteiger partial charge in [-0.05, 0) is 31.0 Å². The molecule has 0 unspecified atom stereocenters. The van der Waals surface area contributed by atoms with Gasteiger partial charge in [0.1, 0.15) is 12.4 Å². The van der Waals surface area contributed by atoms with E-state index in [1.165, 1.54) is 11.1 Å². The fourth-order valence-corrected chi connectivity index (χ4v) is 3.60. The number of carbonyl (C=O) groups is 1. The minimum atomic E-state index is 0.0663. The molecule has 1 N–H and O–H groups in total. The molecular weight excluding hydrogens is 374 g/mol. The quantitative estimate of drug-likeness (QED) is 0.649. The number of amides is 1. The molecule has 1 fully saturated rings. The van der Waals surface area contributed by atoms with E-state index in [1.807, 2.05) is 25.1 Å². The van der Waals surface area contributed by atoms with Crippen molar-refractivity contribution < 1.29 is 9.53 Å². The Morgan fingerprint density at radius 3 is 2.50 bits per heavy atom. The van der Waals surface area contributed by atoms with Crippen LogP contribution in [0.1, 0.15) is 16.7 Å². The number of nitrogens with one attached hydrogen (secondary N) is 1. The number of piperazine rings is 1. The van der Waals surface area contributed by atoms with Gasteiger partial charge < -0.3 is 10.1 Å². The smallest absolute Gasteiger partial charge is 0.234 e. The van der Waals surface area contributed by atoms with Gasteiger partial charge in [0.2, 0.25) is 5.91 Å².